The number of methoxy groups -OCH3 is 1. The van der Waals surface area contributed by atoms with Crippen LogP contribution in [-0.4, -0.2) is 48.9 Å². The van der Waals surface area contributed by atoms with Gasteiger partial charge in [-0.2, -0.15) is 0 Å². The van der Waals surface area contributed by atoms with E-state index in [0.717, 1.165) is 11.1 Å². The summed E-state index contributed by atoms with van der Waals surface area (Å²) in [6.45, 7) is 5.85. The molecule has 0 fully saturated rings. The summed E-state index contributed by atoms with van der Waals surface area (Å²) in [7, 11) is 1.32. The Balaban J connectivity index is 1.61. The minimum Gasteiger partial charge on any atom is -0.452 e. The molecule has 3 aromatic rings. The molecule has 0 saturated carbocycles. The van der Waals surface area contributed by atoms with E-state index < -0.39 is 12.2 Å². The summed E-state index contributed by atoms with van der Waals surface area (Å²) in [5, 5.41) is 2.76. The molecule has 0 spiro atoms. The van der Waals surface area contributed by atoms with Gasteiger partial charge in [0, 0.05) is 5.56 Å². The number of carbonyl (C=O) groups excluding carboxylic acids is 3. The van der Waals surface area contributed by atoms with Gasteiger partial charge >= 0.3 is 12.2 Å². The highest BCUT2D eigenvalue weighted by Crippen LogP contribution is 2.39. The first-order valence-corrected chi connectivity index (χ1v) is 11.5. The van der Waals surface area contributed by atoms with Gasteiger partial charge in [0.25, 0.3) is 5.91 Å². The van der Waals surface area contributed by atoms with Crippen LogP contribution in [0.2, 0.25) is 0 Å². The van der Waals surface area contributed by atoms with E-state index in [9.17, 15) is 14.4 Å². The number of anilines is 2. The topological polar surface area (TPSA) is 114 Å². The van der Waals surface area contributed by atoms with Gasteiger partial charge in [-0.25, -0.2) is 14.6 Å². The number of nitrogens with zero attached hydrogens (tertiary/aromatic N) is 3. The molecule has 10 nitrogen and oxygen atoms in total. The quantitative estimate of drug-likeness (QED) is 0.554. The van der Waals surface area contributed by atoms with Crippen LogP contribution in [-0.2, 0) is 16.0 Å². The van der Waals surface area contributed by atoms with Crippen molar-refractivity contribution in [2.24, 2.45) is 0 Å². The fourth-order valence-corrected chi connectivity index (χ4v) is 4.03. The second kappa shape index (κ2) is 10.5. The summed E-state index contributed by atoms with van der Waals surface area (Å²) in [5.41, 5.74) is 3.21. The molecule has 1 N–H and O–H groups in total. The fourth-order valence-electron chi connectivity index (χ4n) is 4.03. The highest BCUT2D eigenvalue weighted by molar-refractivity contribution is 6.02. The van der Waals surface area contributed by atoms with Crippen molar-refractivity contribution in [3.8, 4) is 11.1 Å². The van der Waals surface area contributed by atoms with Crippen molar-refractivity contribution in [2.75, 3.05) is 23.5 Å². The number of oxazole rings is 1. The largest absolute Gasteiger partial charge is 0.452 e. The molecule has 2 aromatic carbocycles. The molecule has 1 aliphatic heterocycles. The Hall–Kier alpha value is -4.34. The van der Waals surface area contributed by atoms with Crippen molar-refractivity contribution >= 4 is 29.5 Å². The standard InChI is InChI=1S/C26H28N4O6/c1-16(2)36-25(32)29-15-17(3)30(26(33)34-4)21-10-9-20(13-22(21)29)18-5-7-19(8-6-18)24(31)28-14-23-27-11-12-35-23/h5-13,16-17H,14-15H2,1-4H3,(H,28,31). The monoisotopic (exact) mass is 492 g/mol. The smallest absolute Gasteiger partial charge is 0.414 e. The van der Waals surface area contributed by atoms with E-state index in [1.54, 1.807) is 32.0 Å². The number of benzene rings is 2. The van der Waals surface area contributed by atoms with Gasteiger partial charge < -0.3 is 19.2 Å². The molecular formula is C26H28N4O6. The molecule has 0 saturated heterocycles. The van der Waals surface area contributed by atoms with Gasteiger partial charge in [0.05, 0.1) is 49.9 Å². The summed E-state index contributed by atoms with van der Waals surface area (Å²) in [6, 6.07) is 12.2. The number of carbonyl (C=O) groups is 3. The van der Waals surface area contributed by atoms with E-state index >= 15 is 0 Å². The molecule has 36 heavy (non-hydrogen) atoms. The molecule has 10 heteroatoms. The second-order valence-corrected chi connectivity index (χ2v) is 8.62. The second-order valence-electron chi connectivity index (χ2n) is 8.62. The number of fused-ring (bicyclic) bond motifs is 1. The molecule has 1 aliphatic rings. The van der Waals surface area contributed by atoms with Crippen molar-refractivity contribution in [2.45, 2.75) is 39.5 Å². The highest BCUT2D eigenvalue weighted by atomic mass is 16.6. The van der Waals surface area contributed by atoms with Crippen LogP contribution in [0.15, 0.2) is 59.3 Å². The Morgan fingerprint density at radius 2 is 1.81 bits per heavy atom. The first-order chi connectivity index (χ1) is 17.3. The third-order valence-corrected chi connectivity index (χ3v) is 5.71. The van der Waals surface area contributed by atoms with Crippen molar-refractivity contribution in [3.63, 3.8) is 0 Å². The van der Waals surface area contributed by atoms with Crippen molar-refractivity contribution in [1.82, 2.24) is 10.3 Å². The van der Waals surface area contributed by atoms with Gasteiger partial charge in [-0.3, -0.25) is 14.6 Å². The van der Waals surface area contributed by atoms with Gasteiger partial charge in [-0.1, -0.05) is 18.2 Å². The number of hydrogen-bond donors (Lipinski definition) is 1. The number of hydrogen-bond acceptors (Lipinski definition) is 7. The summed E-state index contributed by atoms with van der Waals surface area (Å²) < 4.78 is 15.6. The first kappa shape index (κ1) is 24.8. The van der Waals surface area contributed by atoms with Crippen molar-refractivity contribution < 1.29 is 28.3 Å². The Kier molecular flexibility index (Phi) is 7.23. The van der Waals surface area contributed by atoms with Crippen LogP contribution in [0.4, 0.5) is 21.0 Å². The SMILES string of the molecule is COC(=O)N1c2ccc(-c3ccc(C(=O)NCc4ncco4)cc3)cc2N(C(=O)OC(C)C)CC1C. The van der Waals surface area contributed by atoms with Gasteiger partial charge in [0.15, 0.2) is 0 Å². The summed E-state index contributed by atoms with van der Waals surface area (Å²) in [5.74, 6) is 0.167. The number of aromatic nitrogens is 1. The average Bonchev–Trinajstić information content (AvgIpc) is 3.39. The molecule has 2 heterocycles. The Morgan fingerprint density at radius 1 is 1.08 bits per heavy atom. The van der Waals surface area contributed by atoms with Crippen molar-refractivity contribution in [1.29, 1.82) is 0 Å². The zero-order valence-corrected chi connectivity index (χ0v) is 20.6. The zero-order valence-electron chi connectivity index (χ0n) is 20.6. The first-order valence-electron chi connectivity index (χ1n) is 11.5. The van der Waals surface area contributed by atoms with Crippen LogP contribution in [0.25, 0.3) is 11.1 Å². The molecule has 3 amide bonds. The van der Waals surface area contributed by atoms with E-state index in [4.69, 9.17) is 13.9 Å². The Morgan fingerprint density at radius 3 is 2.44 bits per heavy atom. The third kappa shape index (κ3) is 5.17. The molecule has 4 rings (SSSR count). The average molecular weight is 493 g/mol. The third-order valence-electron chi connectivity index (χ3n) is 5.71. The van der Waals surface area contributed by atoms with Gasteiger partial charge in [-0.15, -0.1) is 0 Å². The lowest BCUT2D eigenvalue weighted by Gasteiger charge is -2.40. The minimum atomic E-state index is -0.506. The molecule has 1 aromatic heterocycles. The molecular weight excluding hydrogens is 464 g/mol. The number of ether oxygens (including phenoxy) is 2. The van der Waals surface area contributed by atoms with Crippen LogP contribution in [0.1, 0.15) is 37.0 Å². The van der Waals surface area contributed by atoms with Crippen LogP contribution in [0.3, 0.4) is 0 Å². The van der Waals surface area contributed by atoms with Crippen LogP contribution >= 0.6 is 0 Å². The van der Waals surface area contributed by atoms with Crippen LogP contribution < -0.4 is 15.1 Å². The number of rotatable bonds is 5. The van der Waals surface area contributed by atoms with E-state index in [-0.39, 0.29) is 31.1 Å². The van der Waals surface area contributed by atoms with E-state index in [2.05, 4.69) is 10.3 Å². The maximum Gasteiger partial charge on any atom is 0.414 e. The minimum absolute atomic E-state index is 0.190. The number of nitrogens with one attached hydrogen (secondary N) is 1. The van der Waals surface area contributed by atoms with Gasteiger partial charge in [0.1, 0.15) is 6.26 Å². The lowest BCUT2D eigenvalue weighted by Crippen LogP contribution is -2.52. The lowest BCUT2D eigenvalue weighted by atomic mass is 10.00. The van der Waals surface area contributed by atoms with Crippen LogP contribution in [0, 0.1) is 0 Å². The summed E-state index contributed by atoms with van der Waals surface area (Å²) in [6.07, 6.45) is 1.68. The highest BCUT2D eigenvalue weighted by Gasteiger charge is 2.36. The maximum atomic E-state index is 12.9. The molecule has 0 bridgehead atoms. The molecule has 1 atom stereocenters. The predicted octanol–water partition coefficient (Wildman–Crippen LogP) is 4.60. The van der Waals surface area contributed by atoms with Gasteiger partial charge in [0.2, 0.25) is 5.89 Å². The van der Waals surface area contributed by atoms with E-state index in [1.807, 2.05) is 31.2 Å². The lowest BCUT2D eigenvalue weighted by molar-refractivity contribution is 0.0947. The van der Waals surface area contributed by atoms with E-state index in [1.165, 1.54) is 29.4 Å². The Labute approximate surface area is 208 Å². The molecule has 0 radical (unpaired) electrons. The summed E-state index contributed by atoms with van der Waals surface area (Å²) in [4.78, 5) is 44.9. The zero-order chi connectivity index (χ0) is 25.8. The molecule has 0 aliphatic carbocycles. The fraction of sp³-hybridized carbons (Fsp3) is 0.308. The molecule has 1 unspecified atom stereocenters. The van der Waals surface area contributed by atoms with Crippen molar-refractivity contribution in [3.05, 3.63) is 66.4 Å². The predicted molar refractivity (Wildman–Crippen MR) is 133 cm³/mol. The van der Waals surface area contributed by atoms with E-state index in [0.29, 0.717) is 22.8 Å². The normalized spacial score (nSPS) is 14.9. The van der Waals surface area contributed by atoms with Crippen LogP contribution in [0.5, 0.6) is 0 Å². The Bertz CT molecular complexity index is 1240. The number of amides is 3. The summed E-state index contributed by atoms with van der Waals surface area (Å²) >= 11 is 0. The molecule has 188 valence electrons. The van der Waals surface area contributed by atoms with Gasteiger partial charge in [-0.05, 0) is 56.2 Å². The maximum absolute atomic E-state index is 12.9.